The molecule has 0 radical (unpaired) electrons. The summed E-state index contributed by atoms with van der Waals surface area (Å²) in [6, 6.07) is 12.7. The first kappa shape index (κ1) is 19.1. The minimum atomic E-state index is -0.147. The Labute approximate surface area is 153 Å². The number of hydrogen-bond donors (Lipinski definition) is 2. The van der Waals surface area contributed by atoms with Gasteiger partial charge in [0.25, 0.3) is 5.91 Å². The maximum absolute atomic E-state index is 12.0. The number of ether oxygens (including phenoxy) is 1. The van der Waals surface area contributed by atoms with Gasteiger partial charge in [0.1, 0.15) is 12.4 Å². The molecule has 2 rings (SSSR count). The number of amides is 2. The van der Waals surface area contributed by atoms with Crippen LogP contribution in [0, 0.1) is 25.7 Å². The Kier molecular flexibility index (Phi) is 6.81. The van der Waals surface area contributed by atoms with Crippen molar-refractivity contribution in [2.75, 3.05) is 18.5 Å². The van der Waals surface area contributed by atoms with Gasteiger partial charge in [-0.1, -0.05) is 24.0 Å². The Morgan fingerprint density at radius 2 is 1.85 bits per heavy atom. The fourth-order valence-corrected chi connectivity index (χ4v) is 2.21. The fraction of sp³-hybridized carbons (Fsp3) is 0.238. The van der Waals surface area contributed by atoms with Crippen molar-refractivity contribution in [1.82, 2.24) is 5.32 Å². The molecule has 0 heterocycles. The van der Waals surface area contributed by atoms with Crippen molar-refractivity contribution in [2.45, 2.75) is 20.8 Å². The molecule has 5 heteroatoms. The number of carbonyl (C=O) groups excluding carboxylic acids is 2. The lowest BCUT2D eigenvalue weighted by molar-refractivity contribution is -0.114. The average Bonchev–Trinajstić information content (AvgIpc) is 2.60. The zero-order valence-corrected chi connectivity index (χ0v) is 15.2. The Hall–Kier alpha value is -3.26. The molecule has 0 aromatic heterocycles. The zero-order valence-electron chi connectivity index (χ0n) is 15.2. The van der Waals surface area contributed by atoms with Gasteiger partial charge in [-0.2, -0.15) is 0 Å². The summed E-state index contributed by atoms with van der Waals surface area (Å²) in [6.45, 7) is 5.88. The van der Waals surface area contributed by atoms with Gasteiger partial charge in [0.05, 0.1) is 6.54 Å². The summed E-state index contributed by atoms with van der Waals surface area (Å²) in [6.07, 6.45) is 0. The number of carbonyl (C=O) groups is 2. The highest BCUT2D eigenvalue weighted by Gasteiger charge is 2.04. The molecule has 0 aliphatic carbocycles. The van der Waals surface area contributed by atoms with Crippen molar-refractivity contribution < 1.29 is 14.3 Å². The zero-order chi connectivity index (χ0) is 18.9. The molecule has 2 N–H and O–H groups in total. The molecule has 2 aromatic rings. The number of hydrogen-bond acceptors (Lipinski definition) is 3. The predicted octanol–water partition coefficient (Wildman–Crippen LogP) is 3.07. The molecule has 0 saturated carbocycles. The van der Waals surface area contributed by atoms with Crippen molar-refractivity contribution in [3.8, 4) is 17.6 Å². The summed E-state index contributed by atoms with van der Waals surface area (Å²) < 4.78 is 5.51. The van der Waals surface area contributed by atoms with E-state index >= 15 is 0 Å². The van der Waals surface area contributed by atoms with Gasteiger partial charge in [0, 0.05) is 24.2 Å². The van der Waals surface area contributed by atoms with Crippen LogP contribution < -0.4 is 15.4 Å². The smallest absolute Gasteiger partial charge is 0.252 e. The Bertz CT molecular complexity index is 863. The maximum atomic E-state index is 12.0. The van der Waals surface area contributed by atoms with Crippen molar-refractivity contribution in [1.29, 1.82) is 0 Å². The third kappa shape index (κ3) is 5.99. The van der Waals surface area contributed by atoms with E-state index in [1.807, 2.05) is 26.0 Å². The lowest BCUT2D eigenvalue weighted by Crippen LogP contribution is -2.23. The van der Waals surface area contributed by atoms with E-state index in [2.05, 4.69) is 22.5 Å². The number of nitrogens with one attached hydrogen (secondary N) is 2. The van der Waals surface area contributed by atoms with Gasteiger partial charge >= 0.3 is 0 Å². The highest BCUT2D eigenvalue weighted by atomic mass is 16.5. The Morgan fingerprint density at radius 3 is 2.58 bits per heavy atom. The minimum Gasteiger partial charge on any atom is -0.481 e. The first-order chi connectivity index (χ1) is 12.5. The molecule has 134 valence electrons. The van der Waals surface area contributed by atoms with Gasteiger partial charge in [-0.15, -0.1) is 0 Å². The number of benzene rings is 2. The number of anilines is 1. The maximum Gasteiger partial charge on any atom is 0.252 e. The van der Waals surface area contributed by atoms with Gasteiger partial charge in [-0.25, -0.2) is 0 Å². The molecule has 0 unspecified atom stereocenters. The molecule has 0 fully saturated rings. The third-order valence-electron chi connectivity index (χ3n) is 3.70. The summed E-state index contributed by atoms with van der Waals surface area (Å²) in [5, 5.41) is 5.45. The summed E-state index contributed by atoms with van der Waals surface area (Å²) in [5.74, 6) is 6.03. The standard InChI is InChI=1S/C21H22N2O3/c1-15-9-10-18(13-16(15)2)21(25)22-11-4-5-12-26-20-8-6-7-19(14-20)23-17(3)24/h6-10,13-14H,11-12H2,1-3H3,(H,22,25)(H,23,24). The van der Waals surface area contributed by atoms with Crippen LogP contribution in [-0.4, -0.2) is 25.0 Å². The normalized spacial score (nSPS) is 9.65. The van der Waals surface area contributed by atoms with Gasteiger partial charge < -0.3 is 15.4 Å². The fourth-order valence-electron chi connectivity index (χ4n) is 2.21. The van der Waals surface area contributed by atoms with Crippen LogP contribution >= 0.6 is 0 Å². The average molecular weight is 350 g/mol. The van der Waals surface area contributed by atoms with Gasteiger partial charge in [-0.05, 0) is 49.2 Å². The van der Waals surface area contributed by atoms with Crippen LogP contribution in [0.4, 0.5) is 5.69 Å². The number of rotatable bonds is 5. The lowest BCUT2D eigenvalue weighted by Gasteiger charge is -2.06. The molecule has 26 heavy (non-hydrogen) atoms. The van der Waals surface area contributed by atoms with E-state index in [1.54, 1.807) is 30.3 Å². The first-order valence-electron chi connectivity index (χ1n) is 8.27. The molecular formula is C21H22N2O3. The van der Waals surface area contributed by atoms with Crippen LogP contribution in [0.15, 0.2) is 42.5 Å². The predicted molar refractivity (Wildman–Crippen MR) is 102 cm³/mol. The topological polar surface area (TPSA) is 67.4 Å². The van der Waals surface area contributed by atoms with Crippen LogP contribution in [0.25, 0.3) is 0 Å². The van der Waals surface area contributed by atoms with Crippen molar-refractivity contribution in [2.24, 2.45) is 0 Å². The quantitative estimate of drug-likeness (QED) is 0.815. The van der Waals surface area contributed by atoms with E-state index in [1.165, 1.54) is 6.92 Å². The van der Waals surface area contributed by atoms with Crippen LogP contribution in [0.3, 0.4) is 0 Å². The summed E-state index contributed by atoms with van der Waals surface area (Å²) in [7, 11) is 0. The van der Waals surface area contributed by atoms with E-state index in [-0.39, 0.29) is 25.0 Å². The van der Waals surface area contributed by atoms with E-state index < -0.39 is 0 Å². The molecule has 0 spiro atoms. The van der Waals surface area contributed by atoms with Crippen LogP contribution in [0.2, 0.25) is 0 Å². The van der Waals surface area contributed by atoms with Crippen LogP contribution in [0.1, 0.15) is 28.4 Å². The molecule has 2 amide bonds. The molecule has 0 atom stereocenters. The highest BCUT2D eigenvalue weighted by molar-refractivity contribution is 5.94. The monoisotopic (exact) mass is 350 g/mol. The molecule has 0 saturated heterocycles. The van der Waals surface area contributed by atoms with Crippen LogP contribution in [-0.2, 0) is 4.79 Å². The third-order valence-corrected chi connectivity index (χ3v) is 3.70. The summed E-state index contributed by atoms with van der Waals surface area (Å²) in [5.41, 5.74) is 3.53. The minimum absolute atomic E-state index is 0.138. The van der Waals surface area contributed by atoms with E-state index in [4.69, 9.17) is 4.74 Å². The molecule has 2 aromatic carbocycles. The second-order valence-corrected chi connectivity index (χ2v) is 5.83. The van der Waals surface area contributed by atoms with Gasteiger partial charge in [0.2, 0.25) is 5.91 Å². The summed E-state index contributed by atoms with van der Waals surface area (Å²) >= 11 is 0. The highest BCUT2D eigenvalue weighted by Crippen LogP contribution is 2.17. The Balaban J connectivity index is 1.77. The van der Waals surface area contributed by atoms with E-state index in [9.17, 15) is 9.59 Å². The Morgan fingerprint density at radius 1 is 1.04 bits per heavy atom. The molecule has 0 bridgehead atoms. The van der Waals surface area contributed by atoms with Gasteiger partial charge in [-0.3, -0.25) is 9.59 Å². The number of aryl methyl sites for hydroxylation is 2. The second kappa shape index (κ2) is 9.28. The lowest BCUT2D eigenvalue weighted by atomic mass is 10.1. The molecule has 5 nitrogen and oxygen atoms in total. The first-order valence-corrected chi connectivity index (χ1v) is 8.27. The van der Waals surface area contributed by atoms with Crippen molar-refractivity contribution >= 4 is 17.5 Å². The second-order valence-electron chi connectivity index (χ2n) is 5.83. The van der Waals surface area contributed by atoms with Crippen molar-refractivity contribution in [3.63, 3.8) is 0 Å². The van der Waals surface area contributed by atoms with E-state index in [0.29, 0.717) is 17.0 Å². The molecule has 0 aliphatic heterocycles. The van der Waals surface area contributed by atoms with Gasteiger partial charge in [0.15, 0.2) is 0 Å². The largest absolute Gasteiger partial charge is 0.481 e. The molecule has 0 aliphatic rings. The van der Waals surface area contributed by atoms with E-state index in [0.717, 1.165) is 11.1 Å². The SMILES string of the molecule is CC(=O)Nc1cccc(OCC#CCNC(=O)c2ccc(C)c(C)c2)c1. The van der Waals surface area contributed by atoms with Crippen molar-refractivity contribution in [3.05, 3.63) is 59.2 Å². The molecular weight excluding hydrogens is 328 g/mol. The summed E-state index contributed by atoms with van der Waals surface area (Å²) in [4.78, 5) is 23.1. The van der Waals surface area contributed by atoms with Crippen LogP contribution in [0.5, 0.6) is 5.75 Å².